The van der Waals surface area contributed by atoms with Gasteiger partial charge in [-0.15, -0.1) is 0 Å². The Morgan fingerprint density at radius 2 is 1.50 bits per heavy atom. The maximum Gasteiger partial charge on any atom is 1.00 e. The van der Waals surface area contributed by atoms with Gasteiger partial charge in [-0.1, -0.05) is 0 Å². The zero-order valence-electron chi connectivity index (χ0n) is 3.08. The molecular weight excluding hydrogens is 229 g/mol. The Labute approximate surface area is 94.3 Å². The van der Waals surface area contributed by atoms with Gasteiger partial charge in [-0.25, -0.2) is 8.42 Å². The van der Waals surface area contributed by atoms with Crippen molar-refractivity contribution < 1.29 is 86.4 Å². The first-order valence-corrected chi connectivity index (χ1v) is 2.05. The molecule has 0 saturated heterocycles. The fourth-order valence-electron chi connectivity index (χ4n) is 0. The maximum atomic E-state index is 8.63. The van der Waals surface area contributed by atoms with Crippen molar-refractivity contribution in [3.8, 4) is 0 Å². The van der Waals surface area contributed by atoms with Gasteiger partial charge >= 0.3 is 68.9 Å². The second-order valence-corrected chi connectivity index (χ2v) is 1.28. The average molecular weight is 230 g/mol. The van der Waals surface area contributed by atoms with E-state index in [-0.39, 0.29) is 68.9 Å². The van der Waals surface area contributed by atoms with Gasteiger partial charge in [0.2, 0.25) is 10.4 Å². The topological polar surface area (TPSA) is 77.4 Å². The average Bonchev–Trinajstić information content (AvgIpc) is 0.722. The van der Waals surface area contributed by atoms with Crippen molar-refractivity contribution in [3.63, 3.8) is 0 Å². The van der Waals surface area contributed by atoms with Crippen molar-refractivity contribution in [2.24, 2.45) is 0 Å². The minimum absolute atomic E-state index is 0. The molecule has 0 atom stereocenters. The summed E-state index contributed by atoms with van der Waals surface area (Å²) in [5, 5.41) is 0. The molecule has 0 aromatic rings. The Hall–Kier alpha value is 1.92. The summed E-state index contributed by atoms with van der Waals surface area (Å²) >= 11 is 0. The summed E-state index contributed by atoms with van der Waals surface area (Å²) in [5.41, 5.74) is 0. The standard InChI is InChI=1S/Cs.H2O4S/c;1-5(2,3)4/h;(H2,1,2,3,4)/q+1;/p-1. The van der Waals surface area contributed by atoms with Gasteiger partial charge in [-0.05, 0) is 0 Å². The van der Waals surface area contributed by atoms with Crippen LogP contribution in [-0.4, -0.2) is 17.5 Å². The molecular formula is HCsO4S. The number of hydrogen-bond acceptors (Lipinski definition) is 3. The van der Waals surface area contributed by atoms with Crippen LogP contribution in [-0.2, 0) is 10.4 Å². The second kappa shape index (κ2) is 3.87. The van der Waals surface area contributed by atoms with Crippen LogP contribution in [0.1, 0.15) is 0 Å². The molecule has 0 spiro atoms. The smallest absolute Gasteiger partial charge is 0.726 e. The first-order valence-electron chi connectivity index (χ1n) is 0.683. The van der Waals surface area contributed by atoms with Gasteiger partial charge in [0.25, 0.3) is 0 Å². The van der Waals surface area contributed by atoms with Crippen LogP contribution < -0.4 is 68.9 Å². The minimum atomic E-state index is -4.92. The van der Waals surface area contributed by atoms with Gasteiger partial charge in [-0.2, -0.15) is 0 Å². The summed E-state index contributed by atoms with van der Waals surface area (Å²) in [6.45, 7) is 0. The third kappa shape index (κ3) is 38.8. The van der Waals surface area contributed by atoms with E-state index in [0.717, 1.165) is 0 Å². The molecule has 0 aliphatic rings. The minimum Gasteiger partial charge on any atom is -0.726 e. The maximum absolute atomic E-state index is 8.63. The van der Waals surface area contributed by atoms with Gasteiger partial charge < -0.3 is 4.55 Å². The zero-order chi connectivity index (χ0) is 4.50. The van der Waals surface area contributed by atoms with E-state index >= 15 is 0 Å². The molecule has 0 unspecified atom stereocenters. The van der Waals surface area contributed by atoms with E-state index in [9.17, 15) is 0 Å². The molecule has 0 saturated carbocycles. The molecule has 0 amide bonds. The van der Waals surface area contributed by atoms with Crippen LogP contribution in [0.25, 0.3) is 0 Å². The van der Waals surface area contributed by atoms with Crippen molar-refractivity contribution in [2.45, 2.75) is 0 Å². The molecule has 4 nitrogen and oxygen atoms in total. The number of hydrogen-bond donors (Lipinski definition) is 1. The van der Waals surface area contributed by atoms with Gasteiger partial charge in [0.05, 0.1) is 0 Å². The predicted octanol–water partition coefficient (Wildman–Crippen LogP) is -3.99. The third-order valence-corrected chi connectivity index (χ3v) is 0. The van der Waals surface area contributed by atoms with Crippen molar-refractivity contribution in [1.29, 1.82) is 0 Å². The van der Waals surface area contributed by atoms with Crippen LogP contribution in [0.15, 0.2) is 0 Å². The number of rotatable bonds is 0. The predicted molar refractivity (Wildman–Crippen MR) is 12.3 cm³/mol. The molecule has 0 bridgehead atoms. The molecule has 6 heteroatoms. The van der Waals surface area contributed by atoms with Crippen molar-refractivity contribution in [2.75, 3.05) is 0 Å². The Morgan fingerprint density at radius 1 is 1.50 bits per heavy atom. The quantitative estimate of drug-likeness (QED) is 0.340. The van der Waals surface area contributed by atoms with E-state index in [0.29, 0.717) is 0 Å². The van der Waals surface area contributed by atoms with Crippen molar-refractivity contribution in [3.05, 3.63) is 0 Å². The summed E-state index contributed by atoms with van der Waals surface area (Å²) in [6.07, 6.45) is 0. The van der Waals surface area contributed by atoms with Crippen LogP contribution in [0, 0.1) is 0 Å². The van der Waals surface area contributed by atoms with Crippen LogP contribution >= 0.6 is 0 Å². The monoisotopic (exact) mass is 230 g/mol. The molecule has 0 aromatic heterocycles. The first kappa shape index (κ1) is 10.8. The zero-order valence-corrected chi connectivity index (χ0v) is 10.2. The Balaban J connectivity index is 0. The van der Waals surface area contributed by atoms with E-state index in [2.05, 4.69) is 0 Å². The Kier molecular flexibility index (Phi) is 6.98. The molecule has 6 heavy (non-hydrogen) atoms. The molecule has 0 aliphatic heterocycles. The fourth-order valence-corrected chi connectivity index (χ4v) is 0. The molecule has 0 heterocycles. The van der Waals surface area contributed by atoms with Crippen LogP contribution in [0.5, 0.6) is 0 Å². The largest absolute Gasteiger partial charge is 1.00 e. The SMILES string of the molecule is O=S(=O)([O-])O.[Cs+]. The van der Waals surface area contributed by atoms with E-state index in [1.165, 1.54) is 0 Å². The molecule has 0 radical (unpaired) electrons. The summed E-state index contributed by atoms with van der Waals surface area (Å²) in [5.74, 6) is 0. The summed E-state index contributed by atoms with van der Waals surface area (Å²) in [7, 11) is -4.92. The van der Waals surface area contributed by atoms with Crippen molar-refractivity contribution >= 4 is 10.4 Å². The molecule has 32 valence electrons. The first-order chi connectivity index (χ1) is 2.00. The molecule has 0 rings (SSSR count). The third-order valence-electron chi connectivity index (χ3n) is 0. The van der Waals surface area contributed by atoms with E-state index < -0.39 is 10.4 Å². The van der Waals surface area contributed by atoms with Crippen LogP contribution in [0.4, 0.5) is 0 Å². The normalized spacial score (nSPS) is 9.67. The molecule has 1 N–H and O–H groups in total. The molecule has 0 aromatic carbocycles. The van der Waals surface area contributed by atoms with Gasteiger partial charge in [0, 0.05) is 0 Å². The Morgan fingerprint density at radius 3 is 1.50 bits per heavy atom. The fraction of sp³-hybridized carbons (Fsp3) is 0. The summed E-state index contributed by atoms with van der Waals surface area (Å²) in [6, 6.07) is 0. The van der Waals surface area contributed by atoms with E-state index in [4.69, 9.17) is 17.5 Å². The van der Waals surface area contributed by atoms with E-state index in [1.54, 1.807) is 0 Å². The second-order valence-electron chi connectivity index (χ2n) is 0.428. The van der Waals surface area contributed by atoms with Crippen molar-refractivity contribution in [1.82, 2.24) is 0 Å². The van der Waals surface area contributed by atoms with Gasteiger partial charge in [-0.3, -0.25) is 4.55 Å². The molecule has 0 fully saturated rings. The summed E-state index contributed by atoms with van der Waals surface area (Å²) in [4.78, 5) is 0. The van der Waals surface area contributed by atoms with Gasteiger partial charge in [0.15, 0.2) is 0 Å². The summed E-state index contributed by atoms with van der Waals surface area (Å²) < 4.78 is 32.8. The Bertz CT molecular complexity index is 90.7. The van der Waals surface area contributed by atoms with Crippen LogP contribution in [0.2, 0.25) is 0 Å². The van der Waals surface area contributed by atoms with Crippen LogP contribution in [0.3, 0.4) is 0 Å². The van der Waals surface area contributed by atoms with Gasteiger partial charge in [0.1, 0.15) is 0 Å². The molecule has 0 aliphatic carbocycles. The van der Waals surface area contributed by atoms with E-state index in [1.807, 2.05) is 0 Å².